The molecule has 0 spiro atoms. The van der Waals surface area contributed by atoms with Gasteiger partial charge < -0.3 is 86.0 Å². The predicted molar refractivity (Wildman–Crippen MR) is 768 cm³/mol. The zero-order valence-corrected chi connectivity index (χ0v) is 128. The summed E-state index contributed by atoms with van der Waals surface area (Å²) in [5.74, 6) is 0. The van der Waals surface area contributed by atoms with E-state index in [4.69, 9.17) is 0 Å². The lowest BCUT2D eigenvalue weighted by Crippen LogP contribution is -1.69. The molecule has 0 heterocycles. The molecule has 15 nitrogen and oxygen atoms in total. The standard InChI is InChI=1S/15CH5N.85ClH/c15*1-2;;;;;;;;;;;;;;;;;;;;;;;;;;;;;;;;;;;;;;;;;;;;;;;;;;;;;;;;;;;;;;;;;;;;;;;;;;;;;;;;;;;;;/h15*2H2,1H3;85*1H. The van der Waals surface area contributed by atoms with Crippen LogP contribution >= 0.6 is 1050 Å². The minimum atomic E-state index is 0. The van der Waals surface area contributed by atoms with Crippen molar-refractivity contribution in [3.05, 3.63) is 0 Å². The van der Waals surface area contributed by atoms with Gasteiger partial charge in [0, 0.05) is 0 Å². The van der Waals surface area contributed by atoms with E-state index in [1.165, 1.54) is 106 Å². The second kappa shape index (κ2) is 4480. The van der Waals surface area contributed by atoms with Crippen molar-refractivity contribution in [3.8, 4) is 0 Å². The highest BCUT2D eigenvalue weighted by Gasteiger charge is 0.866. The van der Waals surface area contributed by atoms with E-state index in [1.807, 2.05) is 0 Å². The average Bonchev–Trinajstić information content (AvgIpc) is 3.00. The van der Waals surface area contributed by atoms with E-state index in [0.29, 0.717) is 0 Å². The third-order valence-electron chi connectivity index (χ3n) is 0. The van der Waals surface area contributed by atoms with Crippen molar-refractivity contribution in [2.45, 2.75) is 0 Å². The van der Waals surface area contributed by atoms with E-state index in [1.54, 1.807) is 0 Å². The summed E-state index contributed by atoms with van der Waals surface area (Å²) in [7, 11) is 22.5. The molecule has 0 aliphatic heterocycles. The first-order valence-corrected chi connectivity index (χ1v) is 8.66. The Labute approximate surface area is 1230 Å². The SMILES string of the molecule is CN.CN.CN.CN.CN.CN.CN.CN.CN.CN.CN.CN.CN.CN.CN.Cl.Cl.Cl.Cl.Cl.Cl.Cl.Cl.Cl.Cl.Cl.Cl.Cl.Cl.Cl.Cl.Cl.Cl.Cl.Cl.Cl.Cl.Cl.Cl.Cl.Cl.Cl.Cl.Cl.Cl.Cl.Cl.Cl.Cl.Cl.Cl.Cl.Cl.Cl.Cl.Cl.Cl.Cl.Cl.Cl.Cl.Cl.Cl.Cl.Cl.Cl.Cl.Cl.Cl.Cl.Cl.Cl.Cl.Cl.Cl.Cl.Cl.Cl.Cl.Cl.Cl.Cl.Cl.Cl.Cl.Cl.Cl.Cl.Cl.Cl.Cl.Cl.Cl.Cl.Cl.Cl.Cl.Cl.Cl.Cl. The van der Waals surface area contributed by atoms with Gasteiger partial charge in [-0.15, -0.1) is 1050 Å². The second-order valence-corrected chi connectivity index (χ2v) is 0. The highest BCUT2D eigenvalue weighted by molar-refractivity contribution is 5.94. The molecular formula is C15H160Cl85N15. The first-order valence-electron chi connectivity index (χ1n) is 8.66. The molecule has 115 heavy (non-hydrogen) atoms. The molecule has 0 bridgehead atoms. The average molecular weight is 3570 g/mol. The summed E-state index contributed by atoms with van der Waals surface area (Å²) in [5.41, 5.74) is 67.5. The maximum Gasteiger partial charge on any atom is -0.0195 e. The van der Waals surface area contributed by atoms with Crippen LogP contribution in [0.15, 0.2) is 0 Å². The van der Waals surface area contributed by atoms with Gasteiger partial charge in [0.25, 0.3) is 0 Å². The molecule has 0 unspecified atom stereocenters. The molecule has 890 valence electrons. The first kappa shape index (κ1) is 1740. The Balaban J connectivity index is -0.000000000203. The fraction of sp³-hybridized carbons (Fsp3) is 1.00. The minimum Gasteiger partial charge on any atom is -0.333 e. The molecule has 30 N–H and O–H groups in total. The van der Waals surface area contributed by atoms with Gasteiger partial charge in [-0.25, -0.2) is 0 Å². The van der Waals surface area contributed by atoms with Gasteiger partial charge in [0.1, 0.15) is 0 Å². The Hall–Kier alpha value is 24.0. The normalized spacial score (nSPS) is 0.783. The maximum absolute atomic E-state index is 4.50. The van der Waals surface area contributed by atoms with Crippen LogP contribution < -0.4 is 86.0 Å². The number of hydrogen-bond acceptors (Lipinski definition) is 15. The molecular weight excluding hydrogens is 3400 g/mol. The van der Waals surface area contributed by atoms with Crippen molar-refractivity contribution in [3.63, 3.8) is 0 Å². The van der Waals surface area contributed by atoms with Crippen LogP contribution in [0.4, 0.5) is 0 Å². The summed E-state index contributed by atoms with van der Waals surface area (Å²) in [6, 6.07) is 0. The van der Waals surface area contributed by atoms with E-state index < -0.39 is 0 Å². The summed E-state index contributed by atoms with van der Waals surface area (Å²) >= 11 is 0. The van der Waals surface area contributed by atoms with Crippen molar-refractivity contribution < 1.29 is 0 Å². The molecule has 0 saturated carbocycles. The quantitative estimate of drug-likeness (QED) is 0.107. The van der Waals surface area contributed by atoms with Gasteiger partial charge >= 0.3 is 0 Å². The van der Waals surface area contributed by atoms with Gasteiger partial charge in [0.2, 0.25) is 0 Å². The Kier molecular flexibility index (Phi) is 67700. The number of hydrogen-bond donors (Lipinski definition) is 15. The summed E-state index contributed by atoms with van der Waals surface area (Å²) < 4.78 is 0. The molecule has 0 radical (unpaired) electrons. The molecule has 0 rings (SSSR count). The van der Waals surface area contributed by atoms with Crippen molar-refractivity contribution >= 4 is 1050 Å². The molecule has 0 aromatic rings. The van der Waals surface area contributed by atoms with E-state index in [9.17, 15) is 0 Å². The van der Waals surface area contributed by atoms with E-state index in [-0.39, 0.29) is 1050 Å². The number of halogens is 85. The van der Waals surface area contributed by atoms with E-state index >= 15 is 0 Å². The minimum absolute atomic E-state index is 0. The molecule has 0 atom stereocenters. The van der Waals surface area contributed by atoms with Crippen molar-refractivity contribution in [1.29, 1.82) is 0 Å². The zero-order valence-electron chi connectivity index (χ0n) is 58.4. The smallest absolute Gasteiger partial charge is 0.0195 e. The Morgan fingerprint density at radius 1 is 0.0348 bits per heavy atom. The van der Waals surface area contributed by atoms with Crippen LogP contribution in [0.2, 0.25) is 0 Å². The third kappa shape index (κ3) is 4420. The highest BCUT2D eigenvalue weighted by atomic mass is 35.5. The lowest BCUT2D eigenvalue weighted by atomic mass is 11.6. The van der Waals surface area contributed by atoms with Crippen LogP contribution in [0.3, 0.4) is 0 Å². The summed E-state index contributed by atoms with van der Waals surface area (Å²) in [6.45, 7) is 0. The van der Waals surface area contributed by atoms with Gasteiger partial charge in [-0.1, -0.05) is 0 Å². The van der Waals surface area contributed by atoms with Crippen LogP contribution in [-0.2, 0) is 0 Å². The van der Waals surface area contributed by atoms with Crippen LogP contribution in [0.1, 0.15) is 0 Å². The van der Waals surface area contributed by atoms with Crippen LogP contribution in [0, 0.1) is 0 Å². The molecule has 100 heteroatoms. The monoisotopic (exact) mass is 3520 g/mol. The Morgan fingerprint density at radius 2 is 0.0348 bits per heavy atom. The topological polar surface area (TPSA) is 390 Å². The van der Waals surface area contributed by atoms with Crippen molar-refractivity contribution in [2.24, 2.45) is 86.0 Å². The highest BCUT2D eigenvalue weighted by Crippen LogP contribution is 0.782. The summed E-state index contributed by atoms with van der Waals surface area (Å²) in [5, 5.41) is 0. The number of rotatable bonds is 0. The summed E-state index contributed by atoms with van der Waals surface area (Å²) in [6.07, 6.45) is 0. The molecule has 0 fully saturated rings. The first-order chi connectivity index (χ1) is 15.0. The third-order valence-corrected chi connectivity index (χ3v) is 0. The molecule has 0 aliphatic rings. The number of nitrogens with two attached hydrogens (primary N) is 15. The van der Waals surface area contributed by atoms with Gasteiger partial charge in [-0.2, -0.15) is 0 Å². The van der Waals surface area contributed by atoms with Gasteiger partial charge in [-0.05, 0) is 106 Å². The van der Waals surface area contributed by atoms with Gasteiger partial charge in [-0.3, -0.25) is 0 Å². The van der Waals surface area contributed by atoms with Crippen LogP contribution in [0.5, 0.6) is 0 Å². The van der Waals surface area contributed by atoms with Crippen molar-refractivity contribution in [2.75, 3.05) is 106 Å². The molecule has 0 saturated heterocycles. The van der Waals surface area contributed by atoms with E-state index in [2.05, 4.69) is 86.0 Å². The second-order valence-electron chi connectivity index (χ2n) is 0. The van der Waals surface area contributed by atoms with Gasteiger partial charge in [0.05, 0.1) is 0 Å². The molecule has 0 aromatic heterocycles. The Bertz CT molecular complexity index is 125. The fourth-order valence-corrected chi connectivity index (χ4v) is 0. The zero-order chi connectivity index (χ0) is 30.0. The predicted octanol–water partition coefficient (Wildman–Crippen LogP) is 29.5. The van der Waals surface area contributed by atoms with Crippen molar-refractivity contribution in [1.82, 2.24) is 0 Å². The largest absolute Gasteiger partial charge is 0.333 e. The van der Waals surface area contributed by atoms with Crippen LogP contribution in [0.25, 0.3) is 0 Å². The molecule has 0 amide bonds. The fourth-order valence-electron chi connectivity index (χ4n) is 0. The molecule has 0 aromatic carbocycles. The molecule has 0 aliphatic carbocycles. The van der Waals surface area contributed by atoms with Gasteiger partial charge in [0.15, 0.2) is 0 Å². The lowest BCUT2D eigenvalue weighted by Gasteiger charge is -1.19. The maximum atomic E-state index is 4.50. The van der Waals surface area contributed by atoms with Crippen LogP contribution in [-0.4, -0.2) is 106 Å². The summed E-state index contributed by atoms with van der Waals surface area (Å²) in [4.78, 5) is 0. The van der Waals surface area contributed by atoms with E-state index in [0.717, 1.165) is 0 Å². The lowest BCUT2D eigenvalue weighted by molar-refractivity contribution is 1.48. The Morgan fingerprint density at radius 3 is 0.0348 bits per heavy atom.